The zero-order valence-corrected chi connectivity index (χ0v) is 14.5. The Morgan fingerprint density at radius 1 is 1.31 bits per heavy atom. The fraction of sp³-hybridized carbons (Fsp3) is 0.0667. The third-order valence-electron chi connectivity index (χ3n) is 3.03. The number of non-ortho nitro benzene ring substituents is 1. The van der Waals surface area contributed by atoms with Crippen LogP contribution in [0.25, 0.3) is 11.5 Å². The SMILES string of the molecule is O=C(CSc1nnc(-c2cccc([N+](=O)[O-])c2)o1)Nc1ccc(Cl)cn1. The summed E-state index contributed by atoms with van der Waals surface area (Å²) in [6.45, 7) is 0. The third-order valence-corrected chi connectivity index (χ3v) is 4.07. The van der Waals surface area contributed by atoms with E-state index in [1.54, 1.807) is 18.2 Å². The number of pyridine rings is 1. The Labute approximate surface area is 155 Å². The molecular formula is C15H10ClN5O4S. The Morgan fingerprint density at radius 2 is 2.15 bits per heavy atom. The molecule has 2 heterocycles. The molecule has 1 aromatic carbocycles. The lowest BCUT2D eigenvalue weighted by atomic mass is 10.2. The molecule has 0 unspecified atom stereocenters. The number of nitro groups is 1. The van der Waals surface area contributed by atoms with E-state index in [0.717, 1.165) is 11.8 Å². The van der Waals surface area contributed by atoms with Gasteiger partial charge in [-0.2, -0.15) is 0 Å². The van der Waals surface area contributed by atoms with Gasteiger partial charge in [0.25, 0.3) is 10.9 Å². The lowest BCUT2D eigenvalue weighted by molar-refractivity contribution is -0.384. The van der Waals surface area contributed by atoms with Crippen LogP contribution in [0.15, 0.2) is 52.2 Å². The first kappa shape index (κ1) is 17.8. The number of benzene rings is 1. The molecule has 11 heteroatoms. The smallest absolute Gasteiger partial charge is 0.277 e. The van der Waals surface area contributed by atoms with Crippen molar-refractivity contribution in [3.63, 3.8) is 0 Å². The molecule has 0 bridgehead atoms. The highest BCUT2D eigenvalue weighted by Crippen LogP contribution is 2.25. The summed E-state index contributed by atoms with van der Waals surface area (Å²) >= 11 is 6.76. The fourth-order valence-electron chi connectivity index (χ4n) is 1.89. The van der Waals surface area contributed by atoms with Crippen LogP contribution in [0, 0.1) is 10.1 Å². The van der Waals surface area contributed by atoms with E-state index in [4.69, 9.17) is 16.0 Å². The van der Waals surface area contributed by atoms with Crippen LogP contribution in [0.1, 0.15) is 0 Å². The first-order valence-electron chi connectivity index (χ1n) is 7.14. The van der Waals surface area contributed by atoms with Gasteiger partial charge in [0, 0.05) is 23.9 Å². The number of anilines is 1. The van der Waals surface area contributed by atoms with Gasteiger partial charge in [0.05, 0.1) is 15.7 Å². The van der Waals surface area contributed by atoms with Gasteiger partial charge in [0.1, 0.15) is 5.82 Å². The van der Waals surface area contributed by atoms with Crippen LogP contribution in [0.4, 0.5) is 11.5 Å². The van der Waals surface area contributed by atoms with Gasteiger partial charge in [-0.25, -0.2) is 4.98 Å². The van der Waals surface area contributed by atoms with Crippen molar-refractivity contribution < 1.29 is 14.1 Å². The fourth-order valence-corrected chi connectivity index (χ4v) is 2.57. The van der Waals surface area contributed by atoms with Crippen LogP contribution < -0.4 is 5.32 Å². The molecule has 1 N–H and O–H groups in total. The zero-order chi connectivity index (χ0) is 18.5. The van der Waals surface area contributed by atoms with Crippen LogP contribution in [0.3, 0.4) is 0 Å². The zero-order valence-electron chi connectivity index (χ0n) is 13.0. The molecule has 1 amide bonds. The molecule has 0 radical (unpaired) electrons. The maximum atomic E-state index is 11.9. The first-order valence-corrected chi connectivity index (χ1v) is 8.50. The molecule has 0 spiro atoms. The highest BCUT2D eigenvalue weighted by Gasteiger charge is 2.14. The van der Waals surface area contributed by atoms with Crippen LogP contribution in [-0.2, 0) is 4.79 Å². The Kier molecular flexibility index (Phi) is 5.44. The molecule has 0 aliphatic rings. The first-order chi connectivity index (χ1) is 12.5. The van der Waals surface area contributed by atoms with Crippen molar-refractivity contribution in [3.05, 3.63) is 57.7 Å². The summed E-state index contributed by atoms with van der Waals surface area (Å²) in [6.07, 6.45) is 1.42. The number of aromatic nitrogens is 3. The second-order valence-electron chi connectivity index (χ2n) is 4.88. The van der Waals surface area contributed by atoms with Crippen molar-refractivity contribution in [2.45, 2.75) is 5.22 Å². The highest BCUT2D eigenvalue weighted by molar-refractivity contribution is 7.99. The highest BCUT2D eigenvalue weighted by atomic mass is 35.5. The third kappa shape index (κ3) is 4.55. The van der Waals surface area contributed by atoms with E-state index >= 15 is 0 Å². The molecule has 0 fully saturated rings. The van der Waals surface area contributed by atoms with Crippen molar-refractivity contribution >= 4 is 40.8 Å². The minimum atomic E-state index is -0.509. The van der Waals surface area contributed by atoms with E-state index in [2.05, 4.69) is 20.5 Å². The average Bonchev–Trinajstić information content (AvgIpc) is 3.11. The van der Waals surface area contributed by atoms with Gasteiger partial charge in [-0.1, -0.05) is 29.4 Å². The summed E-state index contributed by atoms with van der Waals surface area (Å²) in [5.41, 5.74) is 0.345. The van der Waals surface area contributed by atoms with Crippen molar-refractivity contribution in [2.75, 3.05) is 11.1 Å². The molecule has 0 atom stereocenters. The number of carbonyl (C=O) groups excluding carboxylic acids is 1. The number of nitro benzene ring substituents is 1. The molecule has 132 valence electrons. The predicted molar refractivity (Wildman–Crippen MR) is 95.0 cm³/mol. The number of rotatable bonds is 6. The Hall–Kier alpha value is -2.98. The number of nitrogens with zero attached hydrogens (tertiary/aromatic N) is 4. The molecule has 0 saturated heterocycles. The minimum absolute atomic E-state index is 0.0286. The average molecular weight is 392 g/mol. The topological polar surface area (TPSA) is 124 Å². The molecule has 3 rings (SSSR count). The van der Waals surface area contributed by atoms with Crippen molar-refractivity contribution in [1.82, 2.24) is 15.2 Å². The number of carbonyl (C=O) groups is 1. The van der Waals surface area contributed by atoms with Gasteiger partial charge in [-0.15, -0.1) is 10.2 Å². The van der Waals surface area contributed by atoms with E-state index in [0.29, 0.717) is 16.4 Å². The molecule has 0 aliphatic carbocycles. The largest absolute Gasteiger partial charge is 0.411 e. The normalized spacial score (nSPS) is 10.5. The minimum Gasteiger partial charge on any atom is -0.411 e. The Balaban J connectivity index is 1.60. The monoisotopic (exact) mass is 391 g/mol. The quantitative estimate of drug-likeness (QED) is 0.385. The maximum absolute atomic E-state index is 11.9. The molecule has 9 nitrogen and oxygen atoms in total. The van der Waals surface area contributed by atoms with Crippen molar-refractivity contribution in [3.8, 4) is 11.5 Å². The molecule has 3 aromatic rings. The Bertz CT molecular complexity index is 947. The standard InChI is InChI=1S/C15H10ClN5O4S/c16-10-4-5-12(17-7-10)18-13(22)8-26-15-20-19-14(25-15)9-2-1-3-11(6-9)21(23)24/h1-7H,8H2,(H,17,18,22). The number of halogens is 1. The van der Waals surface area contributed by atoms with Gasteiger partial charge >= 0.3 is 0 Å². The summed E-state index contributed by atoms with van der Waals surface area (Å²) in [5.74, 6) is 0.236. The molecule has 0 saturated carbocycles. The van der Waals surface area contributed by atoms with E-state index in [9.17, 15) is 14.9 Å². The van der Waals surface area contributed by atoms with Gasteiger partial charge < -0.3 is 9.73 Å². The van der Waals surface area contributed by atoms with Gasteiger partial charge in [0.2, 0.25) is 11.8 Å². The number of hydrogen-bond donors (Lipinski definition) is 1. The van der Waals surface area contributed by atoms with Crippen LogP contribution in [-0.4, -0.2) is 31.8 Å². The van der Waals surface area contributed by atoms with Crippen molar-refractivity contribution in [1.29, 1.82) is 0 Å². The van der Waals surface area contributed by atoms with E-state index in [-0.39, 0.29) is 28.5 Å². The molecule has 2 aromatic heterocycles. The summed E-state index contributed by atoms with van der Waals surface area (Å²) in [5, 5.41) is 21.7. The van der Waals surface area contributed by atoms with E-state index in [1.807, 2.05) is 0 Å². The lowest BCUT2D eigenvalue weighted by Gasteiger charge is -2.02. The summed E-state index contributed by atoms with van der Waals surface area (Å²) in [7, 11) is 0. The van der Waals surface area contributed by atoms with Gasteiger partial charge in [-0.3, -0.25) is 14.9 Å². The van der Waals surface area contributed by atoms with Crippen LogP contribution in [0.5, 0.6) is 0 Å². The van der Waals surface area contributed by atoms with E-state index in [1.165, 1.54) is 24.4 Å². The summed E-state index contributed by atoms with van der Waals surface area (Å²) in [6, 6.07) is 9.04. The number of thioether (sulfide) groups is 1. The maximum Gasteiger partial charge on any atom is 0.277 e. The van der Waals surface area contributed by atoms with E-state index < -0.39 is 4.92 Å². The number of nitrogens with one attached hydrogen (secondary N) is 1. The summed E-state index contributed by atoms with van der Waals surface area (Å²) in [4.78, 5) is 26.2. The van der Waals surface area contributed by atoms with Gasteiger partial charge in [-0.05, 0) is 18.2 Å². The second kappa shape index (κ2) is 7.93. The van der Waals surface area contributed by atoms with Gasteiger partial charge in [0.15, 0.2) is 0 Å². The molecule has 26 heavy (non-hydrogen) atoms. The molecule has 0 aliphatic heterocycles. The second-order valence-corrected chi connectivity index (χ2v) is 6.24. The van der Waals surface area contributed by atoms with Crippen LogP contribution in [0.2, 0.25) is 5.02 Å². The lowest BCUT2D eigenvalue weighted by Crippen LogP contribution is -2.14. The number of amides is 1. The van der Waals surface area contributed by atoms with Crippen molar-refractivity contribution in [2.24, 2.45) is 0 Å². The molecular weight excluding hydrogens is 382 g/mol. The summed E-state index contributed by atoms with van der Waals surface area (Å²) < 4.78 is 5.43. The number of hydrogen-bond acceptors (Lipinski definition) is 8. The predicted octanol–water partition coefficient (Wildman–Crippen LogP) is 3.42. The van der Waals surface area contributed by atoms with Crippen LogP contribution >= 0.6 is 23.4 Å². The Morgan fingerprint density at radius 3 is 2.88 bits per heavy atom.